The van der Waals surface area contributed by atoms with Crippen molar-refractivity contribution in [3.63, 3.8) is 0 Å². The standard InChI is InChI=1S/C11H15NO2.ClH/c12-11-9(13)5-7-3-1-2-4-8(7)6-10(11)14;/h1-4,9-11,13-14H,5-6,12H2;1H/t9-,10+,11?;. The maximum atomic E-state index is 9.69. The zero-order valence-electron chi connectivity index (χ0n) is 8.34. The lowest BCUT2D eigenvalue weighted by molar-refractivity contribution is 0.0615. The van der Waals surface area contributed by atoms with Crippen molar-refractivity contribution in [3.05, 3.63) is 35.4 Å². The summed E-state index contributed by atoms with van der Waals surface area (Å²) in [7, 11) is 0. The Morgan fingerprint density at radius 3 is 1.80 bits per heavy atom. The summed E-state index contributed by atoms with van der Waals surface area (Å²) in [6, 6.07) is 7.29. The summed E-state index contributed by atoms with van der Waals surface area (Å²) >= 11 is 0. The molecular formula is C11H16ClNO2. The molecule has 0 bridgehead atoms. The summed E-state index contributed by atoms with van der Waals surface area (Å²) in [5.74, 6) is 0. The van der Waals surface area contributed by atoms with Crippen molar-refractivity contribution in [2.45, 2.75) is 31.1 Å². The van der Waals surface area contributed by atoms with E-state index in [4.69, 9.17) is 5.73 Å². The zero-order chi connectivity index (χ0) is 10.1. The highest BCUT2D eigenvalue weighted by molar-refractivity contribution is 5.85. The first-order valence-electron chi connectivity index (χ1n) is 4.87. The molecule has 0 saturated carbocycles. The van der Waals surface area contributed by atoms with Gasteiger partial charge in [-0.2, -0.15) is 0 Å². The third-order valence-electron chi connectivity index (χ3n) is 2.87. The van der Waals surface area contributed by atoms with Gasteiger partial charge < -0.3 is 15.9 Å². The van der Waals surface area contributed by atoms with E-state index in [0.29, 0.717) is 12.8 Å². The average Bonchev–Trinajstić information content (AvgIpc) is 2.28. The van der Waals surface area contributed by atoms with E-state index >= 15 is 0 Å². The van der Waals surface area contributed by atoms with E-state index in [1.165, 1.54) is 0 Å². The van der Waals surface area contributed by atoms with Gasteiger partial charge in [0.25, 0.3) is 0 Å². The smallest absolute Gasteiger partial charge is 0.0756 e. The molecule has 0 spiro atoms. The van der Waals surface area contributed by atoms with Gasteiger partial charge in [0.15, 0.2) is 0 Å². The number of hydrogen-bond donors (Lipinski definition) is 3. The topological polar surface area (TPSA) is 66.5 Å². The van der Waals surface area contributed by atoms with Crippen LogP contribution in [-0.2, 0) is 12.8 Å². The molecule has 1 aromatic carbocycles. The largest absolute Gasteiger partial charge is 0.391 e. The molecule has 4 N–H and O–H groups in total. The molecule has 0 aromatic heterocycles. The molecule has 0 radical (unpaired) electrons. The minimum absolute atomic E-state index is 0. The molecule has 1 unspecified atom stereocenters. The molecule has 4 heteroatoms. The monoisotopic (exact) mass is 229 g/mol. The van der Waals surface area contributed by atoms with Gasteiger partial charge in [0.05, 0.1) is 18.2 Å². The van der Waals surface area contributed by atoms with Gasteiger partial charge in [0, 0.05) is 12.8 Å². The summed E-state index contributed by atoms with van der Waals surface area (Å²) < 4.78 is 0. The Kier molecular flexibility index (Phi) is 4.11. The van der Waals surface area contributed by atoms with Crippen molar-refractivity contribution in [1.29, 1.82) is 0 Å². The van der Waals surface area contributed by atoms with Gasteiger partial charge in [-0.1, -0.05) is 24.3 Å². The van der Waals surface area contributed by atoms with Crippen LogP contribution < -0.4 is 5.73 Å². The second kappa shape index (κ2) is 4.94. The Morgan fingerprint density at radius 2 is 1.40 bits per heavy atom. The highest BCUT2D eigenvalue weighted by atomic mass is 35.5. The number of nitrogens with two attached hydrogens (primary N) is 1. The van der Waals surface area contributed by atoms with Gasteiger partial charge in [-0.3, -0.25) is 0 Å². The molecule has 0 fully saturated rings. The molecule has 0 amide bonds. The quantitative estimate of drug-likeness (QED) is 0.559. The Balaban J connectivity index is 0.00000112. The number of fused-ring (bicyclic) bond motifs is 1. The molecule has 1 aliphatic carbocycles. The van der Waals surface area contributed by atoms with Crippen LogP contribution in [0.15, 0.2) is 24.3 Å². The number of benzene rings is 1. The van der Waals surface area contributed by atoms with Crippen LogP contribution in [0.1, 0.15) is 11.1 Å². The Morgan fingerprint density at radius 1 is 1.00 bits per heavy atom. The van der Waals surface area contributed by atoms with Crippen molar-refractivity contribution in [3.8, 4) is 0 Å². The van der Waals surface area contributed by atoms with E-state index in [0.717, 1.165) is 11.1 Å². The highest BCUT2D eigenvalue weighted by Crippen LogP contribution is 2.20. The van der Waals surface area contributed by atoms with Crippen LogP contribution in [0.4, 0.5) is 0 Å². The highest BCUT2D eigenvalue weighted by Gasteiger charge is 2.28. The zero-order valence-corrected chi connectivity index (χ0v) is 9.15. The minimum Gasteiger partial charge on any atom is -0.391 e. The van der Waals surface area contributed by atoms with Crippen molar-refractivity contribution in [1.82, 2.24) is 0 Å². The molecule has 3 nitrogen and oxygen atoms in total. The number of aliphatic hydroxyl groups excluding tert-OH is 2. The van der Waals surface area contributed by atoms with E-state index in [9.17, 15) is 10.2 Å². The fourth-order valence-corrected chi connectivity index (χ4v) is 1.93. The first-order valence-corrected chi connectivity index (χ1v) is 4.87. The van der Waals surface area contributed by atoms with Crippen LogP contribution in [0, 0.1) is 0 Å². The van der Waals surface area contributed by atoms with Crippen LogP contribution in [0.3, 0.4) is 0 Å². The van der Waals surface area contributed by atoms with Crippen molar-refractivity contribution in [2.75, 3.05) is 0 Å². The van der Waals surface area contributed by atoms with Crippen LogP contribution in [-0.4, -0.2) is 28.5 Å². The molecule has 0 heterocycles. The third kappa shape index (κ3) is 2.49. The molecular weight excluding hydrogens is 214 g/mol. The summed E-state index contributed by atoms with van der Waals surface area (Å²) in [4.78, 5) is 0. The maximum absolute atomic E-state index is 9.69. The van der Waals surface area contributed by atoms with Gasteiger partial charge in [-0.15, -0.1) is 12.4 Å². The Labute approximate surface area is 95.3 Å². The van der Waals surface area contributed by atoms with Gasteiger partial charge in [-0.25, -0.2) is 0 Å². The van der Waals surface area contributed by atoms with Crippen molar-refractivity contribution in [2.24, 2.45) is 5.73 Å². The van der Waals surface area contributed by atoms with Crippen LogP contribution in [0.25, 0.3) is 0 Å². The molecule has 0 saturated heterocycles. The van der Waals surface area contributed by atoms with Crippen molar-refractivity contribution < 1.29 is 10.2 Å². The molecule has 2 rings (SSSR count). The van der Waals surface area contributed by atoms with E-state index in [2.05, 4.69) is 0 Å². The SMILES string of the molecule is Cl.NC1[C@H](O)Cc2ccccc2C[C@@H]1O. The lowest BCUT2D eigenvalue weighted by atomic mass is 10.0. The predicted molar refractivity (Wildman–Crippen MR) is 61.1 cm³/mol. The number of aliphatic hydroxyl groups is 2. The Bertz CT molecular complexity index is 301. The lowest BCUT2D eigenvalue weighted by Crippen LogP contribution is -2.45. The average molecular weight is 230 g/mol. The second-order valence-corrected chi connectivity index (χ2v) is 3.89. The summed E-state index contributed by atoms with van der Waals surface area (Å²) in [5, 5.41) is 19.4. The van der Waals surface area contributed by atoms with Gasteiger partial charge >= 0.3 is 0 Å². The summed E-state index contributed by atoms with van der Waals surface area (Å²) in [6.45, 7) is 0. The van der Waals surface area contributed by atoms with Crippen LogP contribution in [0.2, 0.25) is 0 Å². The molecule has 3 atom stereocenters. The van der Waals surface area contributed by atoms with Gasteiger partial charge in [0.1, 0.15) is 0 Å². The van der Waals surface area contributed by atoms with E-state index in [1.807, 2.05) is 24.3 Å². The molecule has 1 aliphatic rings. The van der Waals surface area contributed by atoms with E-state index in [-0.39, 0.29) is 12.4 Å². The fourth-order valence-electron chi connectivity index (χ4n) is 1.93. The van der Waals surface area contributed by atoms with E-state index in [1.54, 1.807) is 0 Å². The molecule has 15 heavy (non-hydrogen) atoms. The number of halogens is 1. The fraction of sp³-hybridized carbons (Fsp3) is 0.455. The summed E-state index contributed by atoms with van der Waals surface area (Å²) in [5.41, 5.74) is 7.88. The van der Waals surface area contributed by atoms with E-state index < -0.39 is 18.2 Å². The van der Waals surface area contributed by atoms with Crippen LogP contribution >= 0.6 is 12.4 Å². The molecule has 84 valence electrons. The normalized spacial score (nSPS) is 29.9. The second-order valence-electron chi connectivity index (χ2n) is 3.89. The Hall–Kier alpha value is -0.610. The number of hydrogen-bond acceptors (Lipinski definition) is 3. The third-order valence-corrected chi connectivity index (χ3v) is 2.87. The predicted octanol–water partition coefficient (Wildman–Crippen LogP) is 0.256. The first-order chi connectivity index (χ1) is 6.68. The van der Waals surface area contributed by atoms with Gasteiger partial charge in [-0.05, 0) is 11.1 Å². The minimum atomic E-state index is -0.645. The van der Waals surface area contributed by atoms with Crippen LogP contribution in [0.5, 0.6) is 0 Å². The van der Waals surface area contributed by atoms with Crippen molar-refractivity contribution >= 4 is 12.4 Å². The lowest BCUT2D eigenvalue weighted by Gasteiger charge is -2.19. The first kappa shape index (κ1) is 12.5. The number of rotatable bonds is 0. The maximum Gasteiger partial charge on any atom is 0.0756 e. The molecule has 1 aromatic rings. The summed E-state index contributed by atoms with van der Waals surface area (Å²) in [6.07, 6.45) is -0.217. The van der Waals surface area contributed by atoms with Gasteiger partial charge in [0.2, 0.25) is 0 Å². The molecule has 0 aliphatic heterocycles.